The number of hydrogen-bond donors (Lipinski definition) is 3. The number of nitro benzene ring substituents is 1. The summed E-state index contributed by atoms with van der Waals surface area (Å²) in [6, 6.07) is 3.98. The summed E-state index contributed by atoms with van der Waals surface area (Å²) in [6.45, 7) is 2.30. The van der Waals surface area contributed by atoms with Gasteiger partial charge in [0, 0.05) is 24.7 Å². The van der Waals surface area contributed by atoms with Crippen molar-refractivity contribution in [3.8, 4) is 0 Å². The highest BCUT2D eigenvalue weighted by atomic mass is 16.6. The second kappa shape index (κ2) is 7.68. The summed E-state index contributed by atoms with van der Waals surface area (Å²) in [5.41, 5.74) is 5.07. The number of carbonyl (C=O) groups excluding carboxylic acids is 2. The van der Waals surface area contributed by atoms with Gasteiger partial charge in [0.1, 0.15) is 12.3 Å². The Kier molecular flexibility index (Phi) is 5.93. The number of primary amides is 1. The van der Waals surface area contributed by atoms with Gasteiger partial charge in [-0.1, -0.05) is 0 Å². The SMILES string of the molecule is CCNC(=O)c1ccc([N+](=O)[O-])c(NCCOC(N)=O)c1. The van der Waals surface area contributed by atoms with Crippen LogP contribution in [0.2, 0.25) is 0 Å². The van der Waals surface area contributed by atoms with Crippen molar-refractivity contribution in [1.29, 1.82) is 0 Å². The molecule has 0 fully saturated rings. The van der Waals surface area contributed by atoms with Gasteiger partial charge in [0.2, 0.25) is 0 Å². The lowest BCUT2D eigenvalue weighted by Gasteiger charge is -2.09. The Hall–Kier alpha value is -2.84. The largest absolute Gasteiger partial charge is 0.448 e. The number of nitro groups is 1. The van der Waals surface area contributed by atoms with E-state index in [0.717, 1.165) is 0 Å². The van der Waals surface area contributed by atoms with Crippen LogP contribution in [0.5, 0.6) is 0 Å². The zero-order valence-electron chi connectivity index (χ0n) is 11.4. The molecule has 9 heteroatoms. The number of hydrogen-bond acceptors (Lipinski definition) is 6. The molecule has 0 radical (unpaired) electrons. The molecule has 0 bridgehead atoms. The number of nitrogens with one attached hydrogen (secondary N) is 2. The van der Waals surface area contributed by atoms with E-state index in [-0.39, 0.29) is 30.4 Å². The highest BCUT2D eigenvalue weighted by molar-refractivity contribution is 5.95. The summed E-state index contributed by atoms with van der Waals surface area (Å²) in [6.07, 6.45) is -0.928. The first-order valence-electron chi connectivity index (χ1n) is 6.18. The molecule has 0 spiro atoms. The monoisotopic (exact) mass is 296 g/mol. The fourth-order valence-electron chi connectivity index (χ4n) is 1.58. The molecule has 0 aliphatic carbocycles. The molecule has 0 aromatic heterocycles. The zero-order chi connectivity index (χ0) is 15.8. The fraction of sp³-hybridized carbons (Fsp3) is 0.333. The third-order valence-electron chi connectivity index (χ3n) is 2.45. The lowest BCUT2D eigenvalue weighted by atomic mass is 10.1. The first kappa shape index (κ1) is 16.2. The molecule has 9 nitrogen and oxygen atoms in total. The zero-order valence-corrected chi connectivity index (χ0v) is 11.4. The second-order valence-corrected chi connectivity index (χ2v) is 3.94. The van der Waals surface area contributed by atoms with Crippen LogP contribution < -0.4 is 16.4 Å². The summed E-state index contributed by atoms with van der Waals surface area (Å²) in [5, 5.41) is 16.3. The minimum atomic E-state index is -0.928. The third kappa shape index (κ3) is 4.97. The van der Waals surface area contributed by atoms with Crippen molar-refractivity contribution in [2.45, 2.75) is 6.92 Å². The number of carbonyl (C=O) groups is 2. The van der Waals surface area contributed by atoms with Gasteiger partial charge >= 0.3 is 6.09 Å². The first-order chi connectivity index (χ1) is 9.95. The molecule has 0 aliphatic rings. The van der Waals surface area contributed by atoms with Gasteiger partial charge in [0.15, 0.2) is 0 Å². The van der Waals surface area contributed by atoms with Crippen LogP contribution in [0, 0.1) is 10.1 Å². The maximum Gasteiger partial charge on any atom is 0.404 e. The topological polar surface area (TPSA) is 137 Å². The molecule has 0 unspecified atom stereocenters. The van der Waals surface area contributed by atoms with Crippen LogP contribution >= 0.6 is 0 Å². The Labute approximate surface area is 120 Å². The van der Waals surface area contributed by atoms with E-state index >= 15 is 0 Å². The lowest BCUT2D eigenvalue weighted by Crippen LogP contribution is -2.23. The maximum absolute atomic E-state index is 11.7. The quantitative estimate of drug-likeness (QED) is 0.387. The van der Waals surface area contributed by atoms with Crippen LogP contribution in [0.4, 0.5) is 16.2 Å². The molecule has 114 valence electrons. The summed E-state index contributed by atoms with van der Waals surface area (Å²) >= 11 is 0. The van der Waals surface area contributed by atoms with E-state index in [2.05, 4.69) is 15.4 Å². The standard InChI is InChI=1S/C12H16N4O5/c1-2-14-11(17)8-3-4-10(16(19)20)9(7-8)15-5-6-21-12(13)18/h3-4,7,15H,2,5-6H2,1H3,(H2,13,18)(H,14,17). The summed E-state index contributed by atoms with van der Waals surface area (Å²) in [7, 11) is 0. The molecule has 0 aliphatic heterocycles. The van der Waals surface area contributed by atoms with Crippen LogP contribution in [-0.2, 0) is 4.74 Å². The van der Waals surface area contributed by atoms with E-state index in [4.69, 9.17) is 5.73 Å². The van der Waals surface area contributed by atoms with E-state index < -0.39 is 11.0 Å². The maximum atomic E-state index is 11.7. The molecule has 0 atom stereocenters. The Morgan fingerprint density at radius 2 is 2.14 bits per heavy atom. The molecule has 1 aromatic carbocycles. The van der Waals surface area contributed by atoms with Gasteiger partial charge in [-0.15, -0.1) is 0 Å². The molecule has 0 heterocycles. The van der Waals surface area contributed by atoms with E-state index in [9.17, 15) is 19.7 Å². The second-order valence-electron chi connectivity index (χ2n) is 3.94. The molecule has 1 aromatic rings. The Bertz CT molecular complexity index is 546. The number of anilines is 1. The number of ether oxygens (including phenoxy) is 1. The average molecular weight is 296 g/mol. The smallest absolute Gasteiger partial charge is 0.404 e. The van der Waals surface area contributed by atoms with Crippen molar-refractivity contribution >= 4 is 23.4 Å². The Balaban J connectivity index is 2.86. The predicted molar refractivity (Wildman–Crippen MR) is 75.1 cm³/mol. The van der Waals surface area contributed by atoms with Gasteiger partial charge in [-0.3, -0.25) is 14.9 Å². The van der Waals surface area contributed by atoms with Crippen LogP contribution in [-0.4, -0.2) is 36.6 Å². The number of nitrogens with zero attached hydrogens (tertiary/aromatic N) is 1. The molecule has 4 N–H and O–H groups in total. The van der Waals surface area contributed by atoms with Crippen LogP contribution in [0.25, 0.3) is 0 Å². The van der Waals surface area contributed by atoms with Crippen molar-refractivity contribution in [2.24, 2.45) is 5.73 Å². The van der Waals surface area contributed by atoms with Crippen LogP contribution in [0.1, 0.15) is 17.3 Å². The van der Waals surface area contributed by atoms with Gasteiger partial charge in [-0.05, 0) is 19.1 Å². The summed E-state index contributed by atoms with van der Waals surface area (Å²) in [5.74, 6) is -0.330. The number of benzene rings is 1. The normalized spacial score (nSPS) is 9.76. The third-order valence-corrected chi connectivity index (χ3v) is 2.45. The average Bonchev–Trinajstić information content (AvgIpc) is 2.43. The van der Waals surface area contributed by atoms with Crippen LogP contribution in [0.15, 0.2) is 18.2 Å². The van der Waals surface area contributed by atoms with Gasteiger partial charge in [0.05, 0.1) is 4.92 Å². The minimum absolute atomic E-state index is 0.0438. The molecular formula is C12H16N4O5. The number of rotatable bonds is 7. The van der Waals surface area contributed by atoms with E-state index in [1.54, 1.807) is 6.92 Å². The van der Waals surface area contributed by atoms with Crippen molar-refractivity contribution in [1.82, 2.24) is 5.32 Å². The highest BCUT2D eigenvalue weighted by Crippen LogP contribution is 2.25. The Morgan fingerprint density at radius 3 is 2.71 bits per heavy atom. The van der Waals surface area contributed by atoms with Gasteiger partial charge in [-0.25, -0.2) is 4.79 Å². The highest BCUT2D eigenvalue weighted by Gasteiger charge is 2.16. The molecule has 1 rings (SSSR count). The van der Waals surface area contributed by atoms with Crippen molar-refractivity contribution in [3.63, 3.8) is 0 Å². The Morgan fingerprint density at radius 1 is 1.43 bits per heavy atom. The van der Waals surface area contributed by atoms with Crippen molar-refractivity contribution in [3.05, 3.63) is 33.9 Å². The minimum Gasteiger partial charge on any atom is -0.448 e. The molecule has 0 saturated carbocycles. The first-order valence-corrected chi connectivity index (χ1v) is 6.18. The number of amides is 2. The van der Waals surface area contributed by atoms with Crippen molar-refractivity contribution in [2.75, 3.05) is 25.0 Å². The van der Waals surface area contributed by atoms with E-state index in [0.29, 0.717) is 12.1 Å². The summed E-state index contributed by atoms with van der Waals surface area (Å²) in [4.78, 5) is 32.5. The lowest BCUT2D eigenvalue weighted by molar-refractivity contribution is -0.384. The number of nitrogens with two attached hydrogens (primary N) is 1. The van der Waals surface area contributed by atoms with E-state index in [1.165, 1.54) is 18.2 Å². The molecule has 0 saturated heterocycles. The molecule has 2 amide bonds. The molecule has 21 heavy (non-hydrogen) atoms. The van der Waals surface area contributed by atoms with E-state index in [1.807, 2.05) is 0 Å². The van der Waals surface area contributed by atoms with Gasteiger partial charge < -0.3 is 21.1 Å². The molecular weight excluding hydrogens is 280 g/mol. The predicted octanol–water partition coefficient (Wildman–Crippen LogP) is 0.852. The van der Waals surface area contributed by atoms with Gasteiger partial charge in [0.25, 0.3) is 11.6 Å². The van der Waals surface area contributed by atoms with Gasteiger partial charge in [-0.2, -0.15) is 0 Å². The fourth-order valence-corrected chi connectivity index (χ4v) is 1.58. The van der Waals surface area contributed by atoms with Crippen LogP contribution in [0.3, 0.4) is 0 Å². The summed E-state index contributed by atoms with van der Waals surface area (Å²) < 4.78 is 4.51. The van der Waals surface area contributed by atoms with Crippen molar-refractivity contribution < 1.29 is 19.2 Å².